The molecule has 3 rings (SSSR count). The van der Waals surface area contributed by atoms with Gasteiger partial charge in [0.1, 0.15) is 10.6 Å². The normalized spacial score (nSPS) is 11.7. The van der Waals surface area contributed by atoms with E-state index in [1.165, 1.54) is 17.8 Å². The Morgan fingerprint density at radius 3 is 2.60 bits per heavy atom. The first kappa shape index (κ1) is 17.5. The highest BCUT2D eigenvalue weighted by molar-refractivity contribution is 8.01. The minimum absolute atomic E-state index is 0.312. The zero-order valence-corrected chi connectivity index (χ0v) is 15.1. The van der Waals surface area contributed by atoms with Crippen LogP contribution in [0.25, 0.3) is 16.7 Å². The Hall–Kier alpha value is -2.34. The van der Waals surface area contributed by atoms with Gasteiger partial charge in [-0.05, 0) is 45.0 Å². The molecule has 0 amide bonds. The Bertz CT molecular complexity index is 921. The summed E-state index contributed by atoms with van der Waals surface area (Å²) >= 11 is 1.26. The molecule has 25 heavy (non-hydrogen) atoms. The Balaban J connectivity index is 2.14. The van der Waals surface area contributed by atoms with Crippen LogP contribution < -0.4 is 0 Å². The number of benzene rings is 2. The van der Waals surface area contributed by atoms with Crippen molar-refractivity contribution in [2.45, 2.75) is 30.7 Å². The largest absolute Gasteiger partial charge is 0.465 e. The Kier molecular flexibility index (Phi) is 4.81. The molecule has 6 heteroatoms. The first-order valence-corrected chi connectivity index (χ1v) is 8.84. The van der Waals surface area contributed by atoms with Crippen molar-refractivity contribution >= 4 is 28.8 Å². The van der Waals surface area contributed by atoms with E-state index in [0.717, 1.165) is 11.0 Å². The number of esters is 1. The van der Waals surface area contributed by atoms with Gasteiger partial charge in [-0.2, -0.15) is 0 Å². The standard InChI is InChI=1S/C19H19FN2O2S/c1-4-24-17(23)19(2,3)25-18-21-14-10-6-8-12-16(14)22(18)15-11-7-5-9-13(15)20/h5-12H,4H2,1-3H3. The summed E-state index contributed by atoms with van der Waals surface area (Å²) in [5.74, 6) is -0.673. The van der Waals surface area contributed by atoms with Gasteiger partial charge >= 0.3 is 5.97 Å². The third-order valence-electron chi connectivity index (χ3n) is 3.74. The first-order chi connectivity index (χ1) is 11.9. The molecular formula is C19H19FN2O2S. The maximum Gasteiger partial charge on any atom is 0.322 e. The quantitative estimate of drug-likeness (QED) is 0.494. The summed E-state index contributed by atoms with van der Waals surface area (Å²) in [5, 5.41) is 0.546. The Morgan fingerprint density at radius 1 is 1.20 bits per heavy atom. The molecule has 1 aromatic heterocycles. The van der Waals surface area contributed by atoms with Gasteiger partial charge in [0.2, 0.25) is 0 Å². The lowest BCUT2D eigenvalue weighted by Gasteiger charge is -2.21. The van der Waals surface area contributed by atoms with E-state index in [0.29, 0.717) is 17.5 Å². The molecule has 0 aliphatic carbocycles. The monoisotopic (exact) mass is 358 g/mol. The molecule has 0 saturated carbocycles. The van der Waals surface area contributed by atoms with Crippen LogP contribution in [0.5, 0.6) is 0 Å². The van der Waals surface area contributed by atoms with Gasteiger partial charge in [-0.25, -0.2) is 9.37 Å². The maximum absolute atomic E-state index is 14.4. The minimum atomic E-state index is -0.847. The van der Waals surface area contributed by atoms with Crippen molar-refractivity contribution in [1.82, 2.24) is 9.55 Å². The van der Waals surface area contributed by atoms with Gasteiger partial charge in [0.05, 0.1) is 23.3 Å². The van der Waals surface area contributed by atoms with E-state index in [9.17, 15) is 9.18 Å². The molecule has 0 fully saturated rings. The lowest BCUT2D eigenvalue weighted by atomic mass is 10.2. The molecule has 2 aromatic carbocycles. The molecule has 0 N–H and O–H groups in total. The van der Waals surface area contributed by atoms with E-state index in [2.05, 4.69) is 4.98 Å². The lowest BCUT2D eigenvalue weighted by molar-refractivity contribution is -0.145. The molecule has 4 nitrogen and oxygen atoms in total. The number of hydrogen-bond donors (Lipinski definition) is 0. The summed E-state index contributed by atoms with van der Waals surface area (Å²) in [4.78, 5) is 16.9. The van der Waals surface area contributed by atoms with Crippen molar-refractivity contribution in [3.63, 3.8) is 0 Å². The van der Waals surface area contributed by atoms with Crippen LogP contribution in [0.3, 0.4) is 0 Å². The fourth-order valence-corrected chi connectivity index (χ4v) is 3.54. The van der Waals surface area contributed by atoms with Crippen molar-refractivity contribution in [1.29, 1.82) is 0 Å². The molecular weight excluding hydrogens is 339 g/mol. The van der Waals surface area contributed by atoms with Gasteiger partial charge in [0, 0.05) is 0 Å². The summed E-state index contributed by atoms with van der Waals surface area (Å²) in [6, 6.07) is 14.0. The number of nitrogens with zero attached hydrogens (tertiary/aromatic N) is 2. The van der Waals surface area contributed by atoms with Gasteiger partial charge in [-0.15, -0.1) is 0 Å². The number of para-hydroxylation sites is 3. The summed E-state index contributed by atoms with van der Waals surface area (Å²) in [6.07, 6.45) is 0. The molecule has 0 spiro atoms. The molecule has 0 bridgehead atoms. The van der Waals surface area contributed by atoms with E-state index in [4.69, 9.17) is 4.74 Å². The van der Waals surface area contributed by atoms with Crippen LogP contribution in [0, 0.1) is 5.82 Å². The smallest absolute Gasteiger partial charge is 0.322 e. The highest BCUT2D eigenvalue weighted by Gasteiger charge is 2.33. The van der Waals surface area contributed by atoms with Crippen LogP contribution in [0.1, 0.15) is 20.8 Å². The topological polar surface area (TPSA) is 44.1 Å². The van der Waals surface area contributed by atoms with Crippen LogP contribution >= 0.6 is 11.8 Å². The molecule has 3 aromatic rings. The van der Waals surface area contributed by atoms with Crippen LogP contribution in [0.2, 0.25) is 0 Å². The lowest BCUT2D eigenvalue weighted by Crippen LogP contribution is -2.30. The second kappa shape index (κ2) is 6.88. The molecule has 0 radical (unpaired) electrons. The molecule has 0 aliphatic heterocycles. The highest BCUT2D eigenvalue weighted by atomic mass is 32.2. The third kappa shape index (κ3) is 3.39. The number of thioether (sulfide) groups is 1. The van der Waals surface area contributed by atoms with Gasteiger partial charge in [0.25, 0.3) is 0 Å². The number of rotatable bonds is 5. The molecule has 0 aliphatic rings. The molecule has 130 valence electrons. The minimum Gasteiger partial charge on any atom is -0.465 e. The second-order valence-corrected chi connectivity index (χ2v) is 7.59. The third-order valence-corrected chi connectivity index (χ3v) is 4.87. The number of fused-ring (bicyclic) bond motifs is 1. The summed E-state index contributed by atoms with van der Waals surface area (Å²) in [7, 11) is 0. The molecule has 1 heterocycles. The zero-order chi connectivity index (χ0) is 18.0. The fraction of sp³-hybridized carbons (Fsp3) is 0.263. The van der Waals surface area contributed by atoms with Gasteiger partial charge in [0.15, 0.2) is 5.16 Å². The average Bonchev–Trinajstić information content (AvgIpc) is 2.92. The number of ether oxygens (including phenoxy) is 1. The van der Waals surface area contributed by atoms with E-state index in [-0.39, 0.29) is 11.8 Å². The summed E-state index contributed by atoms with van der Waals surface area (Å²) in [6.45, 7) is 5.64. The molecule has 0 unspecified atom stereocenters. The van der Waals surface area contributed by atoms with Crippen LogP contribution in [0.4, 0.5) is 4.39 Å². The van der Waals surface area contributed by atoms with Gasteiger partial charge in [-0.1, -0.05) is 36.0 Å². The molecule has 0 atom stereocenters. The second-order valence-electron chi connectivity index (χ2n) is 6.00. The van der Waals surface area contributed by atoms with Crippen molar-refractivity contribution in [2.24, 2.45) is 0 Å². The number of carbonyl (C=O) groups excluding carboxylic acids is 1. The number of carbonyl (C=O) groups is 1. The Morgan fingerprint density at radius 2 is 1.88 bits per heavy atom. The Labute approximate surface area is 150 Å². The number of halogens is 1. The predicted molar refractivity (Wildman–Crippen MR) is 97.6 cm³/mol. The van der Waals surface area contributed by atoms with Crippen LogP contribution in [-0.2, 0) is 9.53 Å². The van der Waals surface area contributed by atoms with Crippen LogP contribution in [0.15, 0.2) is 53.7 Å². The fourth-order valence-electron chi connectivity index (χ4n) is 2.51. The first-order valence-electron chi connectivity index (χ1n) is 8.02. The summed E-state index contributed by atoms with van der Waals surface area (Å²) in [5.41, 5.74) is 1.93. The summed E-state index contributed by atoms with van der Waals surface area (Å²) < 4.78 is 20.5. The van der Waals surface area contributed by atoms with Gasteiger partial charge in [-0.3, -0.25) is 9.36 Å². The van der Waals surface area contributed by atoms with Crippen molar-refractivity contribution in [2.75, 3.05) is 6.61 Å². The van der Waals surface area contributed by atoms with E-state index in [1.807, 2.05) is 24.3 Å². The van der Waals surface area contributed by atoms with Crippen molar-refractivity contribution in [3.05, 3.63) is 54.3 Å². The number of aromatic nitrogens is 2. The SMILES string of the molecule is CCOC(=O)C(C)(C)Sc1nc2ccccc2n1-c1ccccc1F. The van der Waals surface area contributed by atoms with E-state index in [1.54, 1.807) is 43.5 Å². The predicted octanol–water partition coefficient (Wildman–Crippen LogP) is 4.60. The van der Waals surface area contributed by atoms with Gasteiger partial charge < -0.3 is 4.74 Å². The highest BCUT2D eigenvalue weighted by Crippen LogP contribution is 2.37. The maximum atomic E-state index is 14.4. The van der Waals surface area contributed by atoms with E-state index >= 15 is 0 Å². The van der Waals surface area contributed by atoms with E-state index < -0.39 is 4.75 Å². The van der Waals surface area contributed by atoms with Crippen LogP contribution in [-0.4, -0.2) is 26.9 Å². The number of imidazole rings is 1. The van der Waals surface area contributed by atoms with Crippen molar-refractivity contribution in [3.8, 4) is 5.69 Å². The van der Waals surface area contributed by atoms with Crippen molar-refractivity contribution < 1.29 is 13.9 Å². The zero-order valence-electron chi connectivity index (χ0n) is 14.3. The average molecular weight is 358 g/mol. The molecule has 0 saturated heterocycles. The number of hydrogen-bond acceptors (Lipinski definition) is 4.